The lowest BCUT2D eigenvalue weighted by atomic mass is 10.2. The van der Waals surface area contributed by atoms with E-state index in [1.165, 1.54) is 0 Å². The third-order valence-corrected chi connectivity index (χ3v) is 2.36. The Morgan fingerprint density at radius 2 is 2.00 bits per heavy atom. The van der Waals surface area contributed by atoms with Crippen molar-refractivity contribution in [1.29, 1.82) is 0 Å². The van der Waals surface area contributed by atoms with Crippen molar-refractivity contribution in [2.75, 3.05) is 0 Å². The minimum Gasteiger partial charge on any atom is -0.508 e. The van der Waals surface area contributed by atoms with E-state index >= 15 is 0 Å². The van der Waals surface area contributed by atoms with E-state index in [2.05, 4.69) is 20.3 Å². The lowest BCUT2D eigenvalue weighted by Gasteiger charge is -1.94. The second-order valence-electron chi connectivity index (χ2n) is 3.60. The molecule has 0 fully saturated rings. The maximum Gasteiger partial charge on any atom is 0.259 e. The van der Waals surface area contributed by atoms with Crippen molar-refractivity contribution in [2.24, 2.45) is 0 Å². The summed E-state index contributed by atoms with van der Waals surface area (Å²) in [6, 6.07) is 8.39. The van der Waals surface area contributed by atoms with E-state index in [9.17, 15) is 5.11 Å². The van der Waals surface area contributed by atoms with Gasteiger partial charge >= 0.3 is 0 Å². The number of benzene rings is 1. The van der Waals surface area contributed by atoms with Crippen molar-refractivity contribution in [1.82, 2.24) is 20.3 Å². The van der Waals surface area contributed by atoms with Crippen LogP contribution in [-0.4, -0.2) is 25.4 Å². The molecule has 3 aromatic rings. The standard InChI is InChI=1S/C12H8N4O2/c17-10-3-1-2-8(6-10)11-15-12(18-16-11)9-4-5-13-14-7-9/h1-7,17H. The predicted molar refractivity (Wildman–Crippen MR) is 62.4 cm³/mol. The monoisotopic (exact) mass is 240 g/mol. The van der Waals surface area contributed by atoms with E-state index in [-0.39, 0.29) is 5.75 Å². The van der Waals surface area contributed by atoms with E-state index in [0.717, 1.165) is 0 Å². The van der Waals surface area contributed by atoms with Crippen molar-refractivity contribution in [3.8, 4) is 28.6 Å². The van der Waals surface area contributed by atoms with Gasteiger partial charge in [0, 0.05) is 5.56 Å². The average Bonchev–Trinajstić information content (AvgIpc) is 2.89. The maximum absolute atomic E-state index is 9.39. The fraction of sp³-hybridized carbons (Fsp3) is 0. The number of aromatic hydroxyl groups is 1. The summed E-state index contributed by atoms with van der Waals surface area (Å²) in [6.07, 6.45) is 3.09. The summed E-state index contributed by atoms with van der Waals surface area (Å²) in [5, 5.41) is 20.7. The third kappa shape index (κ3) is 1.91. The molecular formula is C12H8N4O2. The largest absolute Gasteiger partial charge is 0.508 e. The van der Waals surface area contributed by atoms with Gasteiger partial charge in [0.05, 0.1) is 18.0 Å². The Kier molecular flexibility index (Phi) is 2.45. The van der Waals surface area contributed by atoms with Crippen LogP contribution in [-0.2, 0) is 0 Å². The highest BCUT2D eigenvalue weighted by atomic mass is 16.5. The summed E-state index contributed by atoms with van der Waals surface area (Å²) >= 11 is 0. The molecule has 0 saturated heterocycles. The van der Waals surface area contributed by atoms with Gasteiger partial charge in [-0.05, 0) is 18.2 Å². The Hall–Kier alpha value is -2.76. The van der Waals surface area contributed by atoms with Crippen LogP contribution in [0.15, 0.2) is 47.2 Å². The molecule has 2 heterocycles. The van der Waals surface area contributed by atoms with Crippen LogP contribution in [0.2, 0.25) is 0 Å². The molecule has 18 heavy (non-hydrogen) atoms. The first-order valence-electron chi connectivity index (χ1n) is 5.23. The third-order valence-electron chi connectivity index (χ3n) is 2.36. The van der Waals surface area contributed by atoms with Gasteiger partial charge in [0.25, 0.3) is 5.89 Å². The zero-order valence-electron chi connectivity index (χ0n) is 9.19. The molecule has 0 spiro atoms. The highest BCUT2D eigenvalue weighted by Gasteiger charge is 2.10. The van der Waals surface area contributed by atoms with Gasteiger partial charge < -0.3 is 9.63 Å². The molecule has 1 N–H and O–H groups in total. The summed E-state index contributed by atoms with van der Waals surface area (Å²) in [5.74, 6) is 0.936. The van der Waals surface area contributed by atoms with E-state index < -0.39 is 0 Å². The molecule has 88 valence electrons. The van der Waals surface area contributed by atoms with Crippen LogP contribution in [0.1, 0.15) is 0 Å². The lowest BCUT2D eigenvalue weighted by molar-refractivity contribution is 0.432. The van der Waals surface area contributed by atoms with Crippen LogP contribution < -0.4 is 0 Å². The second kappa shape index (κ2) is 4.25. The predicted octanol–water partition coefficient (Wildman–Crippen LogP) is 1.90. The summed E-state index contributed by atoms with van der Waals surface area (Å²) in [4.78, 5) is 4.24. The highest BCUT2D eigenvalue weighted by Crippen LogP contribution is 2.23. The van der Waals surface area contributed by atoms with Gasteiger partial charge in [-0.3, -0.25) is 0 Å². The summed E-state index contributed by atoms with van der Waals surface area (Å²) in [6.45, 7) is 0. The van der Waals surface area contributed by atoms with Crippen molar-refractivity contribution >= 4 is 0 Å². The molecule has 0 aliphatic heterocycles. The number of nitrogens with zero attached hydrogens (tertiary/aromatic N) is 4. The zero-order chi connectivity index (χ0) is 12.4. The number of hydrogen-bond acceptors (Lipinski definition) is 6. The Morgan fingerprint density at radius 1 is 1.06 bits per heavy atom. The van der Waals surface area contributed by atoms with Gasteiger partial charge in [-0.1, -0.05) is 17.3 Å². The Balaban J connectivity index is 2.00. The van der Waals surface area contributed by atoms with Crippen LogP contribution in [0, 0.1) is 0 Å². The first-order chi connectivity index (χ1) is 8.83. The van der Waals surface area contributed by atoms with E-state index in [4.69, 9.17) is 4.52 Å². The molecule has 0 aliphatic rings. The second-order valence-corrected chi connectivity index (χ2v) is 3.60. The Morgan fingerprint density at radius 3 is 2.78 bits per heavy atom. The molecule has 2 aromatic heterocycles. The molecule has 6 nitrogen and oxygen atoms in total. The van der Waals surface area contributed by atoms with Crippen molar-refractivity contribution < 1.29 is 9.63 Å². The molecule has 1 aromatic carbocycles. The van der Waals surface area contributed by atoms with Crippen LogP contribution in [0.25, 0.3) is 22.8 Å². The minimum atomic E-state index is 0.157. The molecule has 3 rings (SSSR count). The van der Waals surface area contributed by atoms with Crippen molar-refractivity contribution in [2.45, 2.75) is 0 Å². The van der Waals surface area contributed by atoms with E-state index in [1.54, 1.807) is 42.7 Å². The number of phenols is 1. The van der Waals surface area contributed by atoms with Gasteiger partial charge in [-0.25, -0.2) is 0 Å². The average molecular weight is 240 g/mol. The quantitative estimate of drug-likeness (QED) is 0.736. The van der Waals surface area contributed by atoms with Crippen LogP contribution in [0.3, 0.4) is 0 Å². The van der Waals surface area contributed by atoms with Crippen molar-refractivity contribution in [3.63, 3.8) is 0 Å². The van der Waals surface area contributed by atoms with Crippen molar-refractivity contribution in [3.05, 3.63) is 42.7 Å². The first kappa shape index (κ1) is 10.4. The highest BCUT2D eigenvalue weighted by molar-refractivity contribution is 5.60. The number of aromatic nitrogens is 4. The Bertz CT molecular complexity index is 667. The minimum absolute atomic E-state index is 0.157. The van der Waals surface area contributed by atoms with E-state index in [0.29, 0.717) is 22.8 Å². The molecule has 0 aliphatic carbocycles. The van der Waals surface area contributed by atoms with E-state index in [1.807, 2.05) is 0 Å². The summed E-state index contributed by atoms with van der Waals surface area (Å²) in [5.41, 5.74) is 1.39. The number of hydrogen-bond donors (Lipinski definition) is 1. The summed E-state index contributed by atoms with van der Waals surface area (Å²) in [7, 11) is 0. The fourth-order valence-corrected chi connectivity index (χ4v) is 1.52. The fourth-order valence-electron chi connectivity index (χ4n) is 1.52. The molecule has 0 unspecified atom stereocenters. The topological polar surface area (TPSA) is 84.9 Å². The number of phenolic OH excluding ortho intramolecular Hbond substituents is 1. The smallest absolute Gasteiger partial charge is 0.259 e. The lowest BCUT2D eigenvalue weighted by Crippen LogP contribution is -1.83. The molecule has 0 amide bonds. The molecule has 0 radical (unpaired) electrons. The molecule has 0 atom stereocenters. The normalized spacial score (nSPS) is 10.4. The van der Waals surface area contributed by atoms with Gasteiger partial charge in [0.2, 0.25) is 5.82 Å². The molecular weight excluding hydrogens is 232 g/mol. The SMILES string of the molecule is Oc1cccc(-c2noc(-c3ccnnc3)n2)c1. The molecule has 0 saturated carbocycles. The first-order valence-corrected chi connectivity index (χ1v) is 5.23. The van der Waals surface area contributed by atoms with Gasteiger partial charge in [-0.2, -0.15) is 15.2 Å². The zero-order valence-corrected chi connectivity index (χ0v) is 9.19. The summed E-state index contributed by atoms with van der Waals surface area (Å²) < 4.78 is 5.13. The van der Waals surface area contributed by atoms with Crippen LogP contribution >= 0.6 is 0 Å². The van der Waals surface area contributed by atoms with Gasteiger partial charge in [0.1, 0.15) is 5.75 Å². The van der Waals surface area contributed by atoms with Crippen LogP contribution in [0.5, 0.6) is 5.75 Å². The maximum atomic E-state index is 9.39. The number of rotatable bonds is 2. The van der Waals surface area contributed by atoms with Crippen LogP contribution in [0.4, 0.5) is 0 Å². The Labute approximate surface area is 102 Å². The molecule has 6 heteroatoms. The van der Waals surface area contributed by atoms with Gasteiger partial charge in [0.15, 0.2) is 0 Å². The molecule has 0 bridgehead atoms. The van der Waals surface area contributed by atoms with Gasteiger partial charge in [-0.15, -0.1) is 0 Å².